The number of unbranched alkanes of at least 4 members (excludes halogenated alkanes) is 1. The van der Waals surface area contributed by atoms with Crippen LogP contribution < -0.4 is 5.32 Å². The van der Waals surface area contributed by atoms with Crippen LogP contribution in [0.4, 0.5) is 10.1 Å². The average Bonchev–Trinajstić information content (AvgIpc) is 2.96. The van der Waals surface area contributed by atoms with E-state index in [1.165, 1.54) is 30.3 Å². The van der Waals surface area contributed by atoms with E-state index in [2.05, 4.69) is 21.2 Å². The van der Waals surface area contributed by atoms with E-state index in [4.69, 9.17) is 4.74 Å². The van der Waals surface area contributed by atoms with Gasteiger partial charge in [0.15, 0.2) is 6.61 Å². The molecule has 0 atom stereocenters. The molecular weight excluding hydrogens is 459 g/mol. The second-order valence-electron chi connectivity index (χ2n) is 6.62. The molecular formula is C21H18BrFN2O5. The van der Waals surface area contributed by atoms with Gasteiger partial charge in [-0.25, -0.2) is 9.18 Å². The third kappa shape index (κ3) is 4.56. The lowest BCUT2D eigenvalue weighted by Gasteiger charge is -2.12. The Bertz CT molecular complexity index is 1040. The minimum absolute atomic E-state index is 0.0369. The van der Waals surface area contributed by atoms with Crippen molar-refractivity contribution in [2.24, 2.45) is 0 Å². The molecule has 156 valence electrons. The van der Waals surface area contributed by atoms with Gasteiger partial charge in [-0.1, -0.05) is 29.3 Å². The highest BCUT2D eigenvalue weighted by atomic mass is 79.9. The van der Waals surface area contributed by atoms with Crippen LogP contribution in [-0.4, -0.2) is 41.7 Å². The zero-order valence-electron chi connectivity index (χ0n) is 16.0. The summed E-state index contributed by atoms with van der Waals surface area (Å²) in [4.78, 5) is 50.2. The van der Waals surface area contributed by atoms with Crippen molar-refractivity contribution >= 4 is 45.3 Å². The van der Waals surface area contributed by atoms with Crippen molar-refractivity contribution in [1.29, 1.82) is 0 Å². The zero-order valence-corrected chi connectivity index (χ0v) is 17.6. The Kier molecular flexibility index (Phi) is 6.61. The van der Waals surface area contributed by atoms with E-state index in [9.17, 15) is 23.6 Å². The quantitative estimate of drug-likeness (QED) is 0.484. The van der Waals surface area contributed by atoms with Crippen LogP contribution in [0.2, 0.25) is 0 Å². The predicted molar refractivity (Wildman–Crippen MR) is 110 cm³/mol. The van der Waals surface area contributed by atoms with Crippen LogP contribution in [-0.2, 0) is 9.53 Å². The molecule has 1 aliphatic heterocycles. The highest BCUT2D eigenvalue weighted by molar-refractivity contribution is 9.10. The van der Waals surface area contributed by atoms with Gasteiger partial charge in [0.05, 0.1) is 22.4 Å². The first-order chi connectivity index (χ1) is 14.3. The van der Waals surface area contributed by atoms with Crippen molar-refractivity contribution in [2.45, 2.75) is 19.8 Å². The summed E-state index contributed by atoms with van der Waals surface area (Å²) in [5.41, 5.74) is 0.353. The Morgan fingerprint density at radius 3 is 2.53 bits per heavy atom. The normalized spacial score (nSPS) is 12.7. The molecule has 0 unspecified atom stereocenters. The van der Waals surface area contributed by atoms with E-state index < -0.39 is 30.2 Å². The van der Waals surface area contributed by atoms with Gasteiger partial charge in [-0.3, -0.25) is 19.3 Å². The molecule has 0 saturated heterocycles. The first kappa shape index (κ1) is 21.6. The number of ether oxygens (including phenoxy) is 1. The van der Waals surface area contributed by atoms with Crippen LogP contribution in [0.25, 0.3) is 0 Å². The van der Waals surface area contributed by atoms with Crippen LogP contribution in [0.15, 0.2) is 40.9 Å². The molecule has 2 aromatic rings. The molecule has 30 heavy (non-hydrogen) atoms. The average molecular weight is 477 g/mol. The Balaban J connectivity index is 1.63. The number of fused-ring (bicyclic) bond motifs is 1. The molecule has 0 fully saturated rings. The van der Waals surface area contributed by atoms with Gasteiger partial charge in [-0.2, -0.15) is 0 Å². The summed E-state index contributed by atoms with van der Waals surface area (Å²) in [5, 5.41) is 2.31. The molecule has 9 heteroatoms. The van der Waals surface area contributed by atoms with Crippen molar-refractivity contribution < 1.29 is 28.3 Å². The number of esters is 1. The van der Waals surface area contributed by atoms with Crippen LogP contribution in [0.1, 0.15) is 50.8 Å². The molecule has 3 amide bonds. The second kappa shape index (κ2) is 9.17. The number of benzene rings is 2. The smallest absolute Gasteiger partial charge is 0.338 e. The van der Waals surface area contributed by atoms with E-state index in [0.717, 1.165) is 11.3 Å². The van der Waals surface area contributed by atoms with Crippen molar-refractivity contribution in [3.05, 3.63) is 63.4 Å². The third-order valence-electron chi connectivity index (χ3n) is 4.48. The number of imide groups is 1. The zero-order chi connectivity index (χ0) is 21.8. The fourth-order valence-corrected chi connectivity index (χ4v) is 3.26. The monoisotopic (exact) mass is 476 g/mol. The lowest BCUT2D eigenvalue weighted by Crippen LogP contribution is -2.30. The summed E-state index contributed by atoms with van der Waals surface area (Å²) in [6, 6.07) is 8.16. The highest BCUT2D eigenvalue weighted by Gasteiger charge is 2.35. The summed E-state index contributed by atoms with van der Waals surface area (Å²) < 4.78 is 19.2. The van der Waals surface area contributed by atoms with Crippen LogP contribution >= 0.6 is 15.9 Å². The van der Waals surface area contributed by atoms with Crippen LogP contribution in [0, 0.1) is 5.82 Å². The van der Waals surface area contributed by atoms with E-state index in [1.54, 1.807) is 6.07 Å². The first-order valence-electron chi connectivity index (χ1n) is 9.24. The number of halogens is 2. The van der Waals surface area contributed by atoms with E-state index in [1.807, 2.05) is 6.92 Å². The number of amides is 3. The Hall–Kier alpha value is -3.07. The standard InChI is InChI=1S/C21H18BrFN2O5/c1-2-3-8-25-19(27)14-6-4-12(9-15(14)20(25)28)21(29)30-11-18(26)24-17-7-5-13(22)10-16(17)23/h4-7,9-10H,2-3,8,11H2,1H3,(H,24,26). The molecule has 3 rings (SSSR count). The lowest BCUT2D eigenvalue weighted by molar-refractivity contribution is -0.119. The second-order valence-corrected chi connectivity index (χ2v) is 7.54. The molecule has 1 aliphatic rings. The molecule has 0 aromatic heterocycles. The van der Waals surface area contributed by atoms with Gasteiger partial charge >= 0.3 is 5.97 Å². The maximum Gasteiger partial charge on any atom is 0.338 e. The Morgan fingerprint density at radius 1 is 1.10 bits per heavy atom. The van der Waals surface area contributed by atoms with Gasteiger partial charge in [0.25, 0.3) is 17.7 Å². The van der Waals surface area contributed by atoms with Crippen LogP contribution in [0.3, 0.4) is 0 Å². The van der Waals surface area contributed by atoms with E-state index in [0.29, 0.717) is 17.4 Å². The van der Waals surface area contributed by atoms with Gasteiger partial charge in [-0.05, 0) is 42.8 Å². The summed E-state index contributed by atoms with van der Waals surface area (Å²) in [6.45, 7) is 1.63. The minimum atomic E-state index is -0.837. The SMILES string of the molecule is CCCCN1C(=O)c2ccc(C(=O)OCC(=O)Nc3ccc(Br)cc3F)cc2C1=O. The van der Waals surface area contributed by atoms with E-state index >= 15 is 0 Å². The molecule has 0 spiro atoms. The van der Waals surface area contributed by atoms with Gasteiger partial charge in [0.1, 0.15) is 5.82 Å². The van der Waals surface area contributed by atoms with Gasteiger partial charge in [0.2, 0.25) is 0 Å². The molecule has 1 N–H and O–H groups in total. The Morgan fingerprint density at radius 2 is 1.83 bits per heavy atom. The van der Waals surface area contributed by atoms with Crippen molar-refractivity contribution in [2.75, 3.05) is 18.5 Å². The van der Waals surface area contributed by atoms with Crippen molar-refractivity contribution in [1.82, 2.24) is 4.90 Å². The highest BCUT2D eigenvalue weighted by Crippen LogP contribution is 2.25. The summed E-state index contributed by atoms with van der Waals surface area (Å²) >= 11 is 3.11. The number of hydrogen-bond donors (Lipinski definition) is 1. The molecule has 0 bridgehead atoms. The number of nitrogens with zero attached hydrogens (tertiary/aromatic N) is 1. The van der Waals surface area contributed by atoms with Gasteiger partial charge < -0.3 is 10.1 Å². The maximum atomic E-state index is 13.8. The summed E-state index contributed by atoms with van der Waals surface area (Å²) in [6.07, 6.45) is 1.52. The fraction of sp³-hybridized carbons (Fsp3) is 0.238. The lowest BCUT2D eigenvalue weighted by atomic mass is 10.1. The number of anilines is 1. The predicted octanol–water partition coefficient (Wildman–Crippen LogP) is 3.78. The third-order valence-corrected chi connectivity index (χ3v) is 4.97. The number of rotatable bonds is 7. The van der Waals surface area contributed by atoms with Crippen molar-refractivity contribution in [3.63, 3.8) is 0 Å². The van der Waals surface area contributed by atoms with Crippen LogP contribution in [0.5, 0.6) is 0 Å². The minimum Gasteiger partial charge on any atom is -0.452 e. The number of carbonyl (C=O) groups excluding carboxylic acids is 4. The maximum absolute atomic E-state index is 13.8. The fourth-order valence-electron chi connectivity index (χ4n) is 2.93. The number of carbonyl (C=O) groups is 4. The number of hydrogen-bond acceptors (Lipinski definition) is 5. The van der Waals surface area contributed by atoms with Crippen molar-refractivity contribution in [3.8, 4) is 0 Å². The number of nitrogens with one attached hydrogen (secondary N) is 1. The topological polar surface area (TPSA) is 92.8 Å². The molecule has 0 aliphatic carbocycles. The summed E-state index contributed by atoms with van der Waals surface area (Å²) in [7, 11) is 0. The molecule has 7 nitrogen and oxygen atoms in total. The Labute approximate surface area is 180 Å². The van der Waals surface area contributed by atoms with Gasteiger partial charge in [-0.15, -0.1) is 0 Å². The first-order valence-corrected chi connectivity index (χ1v) is 10.0. The molecule has 1 heterocycles. The molecule has 2 aromatic carbocycles. The molecule has 0 radical (unpaired) electrons. The summed E-state index contributed by atoms with van der Waals surface area (Å²) in [5.74, 6) is -3.04. The molecule has 0 saturated carbocycles. The van der Waals surface area contributed by atoms with Gasteiger partial charge in [0, 0.05) is 11.0 Å². The van der Waals surface area contributed by atoms with E-state index in [-0.39, 0.29) is 28.3 Å². The largest absolute Gasteiger partial charge is 0.452 e.